The molecule has 1 N–H and O–H groups in total. The second kappa shape index (κ2) is 7.82. The van der Waals surface area contributed by atoms with Crippen LogP contribution in [0.4, 0.5) is 0 Å². The van der Waals surface area contributed by atoms with Gasteiger partial charge in [-0.2, -0.15) is 5.10 Å². The van der Waals surface area contributed by atoms with Crippen LogP contribution in [-0.2, 0) is 16.1 Å². The van der Waals surface area contributed by atoms with Crippen LogP contribution in [0.15, 0.2) is 45.7 Å². The number of aromatic nitrogens is 2. The van der Waals surface area contributed by atoms with Crippen molar-refractivity contribution in [3.8, 4) is 11.3 Å². The summed E-state index contributed by atoms with van der Waals surface area (Å²) in [6.07, 6.45) is 1.21. The minimum absolute atomic E-state index is 0.176. The van der Waals surface area contributed by atoms with Gasteiger partial charge in [0.05, 0.1) is 11.6 Å². The lowest BCUT2D eigenvalue weighted by Crippen LogP contribution is -2.44. The highest BCUT2D eigenvalue weighted by atomic mass is 79.9. The molecule has 0 spiro atoms. The molecule has 136 valence electrons. The molecule has 1 aromatic carbocycles. The molecule has 26 heavy (non-hydrogen) atoms. The van der Waals surface area contributed by atoms with Crippen LogP contribution in [0.3, 0.4) is 0 Å². The summed E-state index contributed by atoms with van der Waals surface area (Å²) >= 11 is 3.37. The maximum absolute atomic E-state index is 12.5. The summed E-state index contributed by atoms with van der Waals surface area (Å²) in [6, 6.07) is 10.5. The number of hydrogen-bond acceptors (Lipinski definition) is 4. The zero-order valence-corrected chi connectivity index (χ0v) is 15.6. The molecule has 1 aliphatic heterocycles. The first-order chi connectivity index (χ1) is 12.4. The highest BCUT2D eigenvalue weighted by Crippen LogP contribution is 2.19. The number of carbonyl (C=O) groups excluding carboxylic acids is 1. The van der Waals surface area contributed by atoms with Crippen molar-refractivity contribution >= 4 is 27.8 Å². The minimum atomic E-state index is -0.893. The number of nitrogens with zero attached hydrogens (tertiary/aromatic N) is 3. The third-order valence-corrected chi connectivity index (χ3v) is 4.94. The quantitative estimate of drug-likeness (QED) is 0.817. The van der Waals surface area contributed by atoms with E-state index in [1.54, 1.807) is 6.07 Å². The van der Waals surface area contributed by atoms with Gasteiger partial charge in [0.2, 0.25) is 5.91 Å². The number of carboxylic acid groups (broad SMARTS) is 1. The molecule has 0 radical (unpaired) electrons. The minimum Gasteiger partial charge on any atom is -0.481 e. The SMILES string of the molecule is O=C(O)C1CCCN(C(=O)Cn2nc(-c3ccc(Br)cc3)ccc2=O)C1. The summed E-state index contributed by atoms with van der Waals surface area (Å²) in [5, 5.41) is 13.4. The Morgan fingerprint density at radius 1 is 1.19 bits per heavy atom. The molecule has 1 atom stereocenters. The number of carbonyl (C=O) groups is 2. The van der Waals surface area contributed by atoms with Crippen LogP contribution in [0.2, 0.25) is 0 Å². The fourth-order valence-electron chi connectivity index (χ4n) is 2.97. The second-order valence-corrected chi connectivity index (χ2v) is 7.15. The molecule has 8 heteroatoms. The summed E-state index contributed by atoms with van der Waals surface area (Å²) < 4.78 is 2.06. The Kier molecular flexibility index (Phi) is 5.51. The number of likely N-dealkylation sites (tertiary alicyclic amines) is 1. The topological polar surface area (TPSA) is 92.5 Å². The average molecular weight is 420 g/mol. The average Bonchev–Trinajstić information content (AvgIpc) is 2.64. The number of benzene rings is 1. The van der Waals surface area contributed by atoms with E-state index in [9.17, 15) is 14.4 Å². The van der Waals surface area contributed by atoms with Crippen LogP contribution in [0.5, 0.6) is 0 Å². The van der Waals surface area contributed by atoms with Crippen molar-refractivity contribution in [1.82, 2.24) is 14.7 Å². The maximum atomic E-state index is 12.5. The predicted molar refractivity (Wildman–Crippen MR) is 98.6 cm³/mol. The molecular weight excluding hydrogens is 402 g/mol. The number of halogens is 1. The molecule has 1 aliphatic rings. The molecule has 1 aromatic heterocycles. The van der Waals surface area contributed by atoms with Gasteiger partial charge < -0.3 is 10.0 Å². The maximum Gasteiger partial charge on any atom is 0.308 e. The Hall–Kier alpha value is -2.48. The molecule has 7 nitrogen and oxygen atoms in total. The van der Waals surface area contributed by atoms with Gasteiger partial charge in [0, 0.05) is 29.2 Å². The molecule has 1 amide bonds. The first-order valence-electron chi connectivity index (χ1n) is 8.29. The molecule has 1 fully saturated rings. The van der Waals surface area contributed by atoms with Gasteiger partial charge >= 0.3 is 5.97 Å². The van der Waals surface area contributed by atoms with E-state index in [0.29, 0.717) is 25.1 Å². The molecule has 2 aromatic rings. The first kappa shape index (κ1) is 18.3. The van der Waals surface area contributed by atoms with Crippen molar-refractivity contribution in [3.63, 3.8) is 0 Å². The highest BCUT2D eigenvalue weighted by molar-refractivity contribution is 9.10. The monoisotopic (exact) mass is 419 g/mol. The lowest BCUT2D eigenvalue weighted by molar-refractivity contribution is -0.145. The molecule has 0 bridgehead atoms. The standard InChI is InChI=1S/C18H18BrN3O4/c19-14-5-3-12(4-6-14)15-7-8-16(23)22(20-15)11-17(24)21-9-1-2-13(10-21)18(25)26/h3-8,13H,1-2,9-11H2,(H,25,26). The Morgan fingerprint density at radius 3 is 2.62 bits per heavy atom. The molecular formula is C18H18BrN3O4. The lowest BCUT2D eigenvalue weighted by atomic mass is 9.98. The van der Waals surface area contributed by atoms with Gasteiger partial charge in [0.1, 0.15) is 6.54 Å². The molecule has 1 saturated heterocycles. The van der Waals surface area contributed by atoms with E-state index in [0.717, 1.165) is 14.7 Å². The van der Waals surface area contributed by atoms with Crippen molar-refractivity contribution in [2.24, 2.45) is 5.92 Å². The van der Waals surface area contributed by atoms with Gasteiger partial charge in [-0.1, -0.05) is 28.1 Å². The molecule has 0 aliphatic carbocycles. The Morgan fingerprint density at radius 2 is 1.92 bits per heavy atom. The molecule has 1 unspecified atom stereocenters. The molecule has 0 saturated carbocycles. The number of carboxylic acids is 1. The summed E-state index contributed by atoms with van der Waals surface area (Å²) in [5.41, 5.74) is 1.05. The second-order valence-electron chi connectivity index (χ2n) is 6.24. The van der Waals surface area contributed by atoms with E-state index in [-0.39, 0.29) is 24.6 Å². The van der Waals surface area contributed by atoms with Gasteiger partial charge in [-0.05, 0) is 31.0 Å². The fourth-order valence-corrected chi connectivity index (χ4v) is 3.23. The summed E-state index contributed by atoms with van der Waals surface area (Å²) in [4.78, 5) is 37.2. The number of rotatable bonds is 4. The van der Waals surface area contributed by atoms with Gasteiger partial charge in [-0.3, -0.25) is 14.4 Å². The van der Waals surface area contributed by atoms with Crippen molar-refractivity contribution in [2.45, 2.75) is 19.4 Å². The van der Waals surface area contributed by atoms with E-state index in [1.165, 1.54) is 11.0 Å². The van der Waals surface area contributed by atoms with E-state index in [2.05, 4.69) is 21.0 Å². The molecule has 2 heterocycles. The summed E-state index contributed by atoms with van der Waals surface area (Å²) in [6.45, 7) is 0.481. The van der Waals surface area contributed by atoms with E-state index in [4.69, 9.17) is 5.11 Å². The Balaban J connectivity index is 1.77. The van der Waals surface area contributed by atoms with Crippen LogP contribution in [0, 0.1) is 5.92 Å². The number of amides is 1. The summed E-state index contributed by atoms with van der Waals surface area (Å²) in [7, 11) is 0. The number of piperidine rings is 1. The molecule has 3 rings (SSSR count). The van der Waals surface area contributed by atoms with Gasteiger partial charge in [-0.15, -0.1) is 0 Å². The van der Waals surface area contributed by atoms with Crippen molar-refractivity contribution in [1.29, 1.82) is 0 Å². The van der Waals surface area contributed by atoms with Crippen molar-refractivity contribution < 1.29 is 14.7 Å². The van der Waals surface area contributed by atoms with E-state index < -0.39 is 11.9 Å². The van der Waals surface area contributed by atoms with Crippen LogP contribution < -0.4 is 5.56 Å². The Bertz CT molecular complexity index is 879. The first-order valence-corrected chi connectivity index (χ1v) is 9.08. The van der Waals surface area contributed by atoms with E-state index in [1.807, 2.05) is 24.3 Å². The summed E-state index contributed by atoms with van der Waals surface area (Å²) in [5.74, 6) is -1.74. The smallest absolute Gasteiger partial charge is 0.308 e. The number of aliphatic carboxylic acids is 1. The van der Waals surface area contributed by atoms with Gasteiger partial charge in [-0.25, -0.2) is 4.68 Å². The highest BCUT2D eigenvalue weighted by Gasteiger charge is 2.28. The van der Waals surface area contributed by atoms with Crippen molar-refractivity contribution in [3.05, 3.63) is 51.2 Å². The van der Waals surface area contributed by atoms with Gasteiger partial charge in [0.15, 0.2) is 0 Å². The normalized spacial score (nSPS) is 17.1. The largest absolute Gasteiger partial charge is 0.481 e. The third-order valence-electron chi connectivity index (χ3n) is 4.41. The van der Waals surface area contributed by atoms with Crippen LogP contribution in [0.25, 0.3) is 11.3 Å². The predicted octanol–water partition coefficient (Wildman–Crippen LogP) is 2.00. The third kappa shape index (κ3) is 4.19. The van der Waals surface area contributed by atoms with Crippen LogP contribution in [-0.4, -0.2) is 44.8 Å². The zero-order chi connectivity index (χ0) is 18.7. The van der Waals surface area contributed by atoms with Crippen LogP contribution >= 0.6 is 15.9 Å². The van der Waals surface area contributed by atoms with Crippen molar-refractivity contribution in [2.75, 3.05) is 13.1 Å². The van der Waals surface area contributed by atoms with Crippen LogP contribution in [0.1, 0.15) is 12.8 Å². The number of hydrogen-bond donors (Lipinski definition) is 1. The fraction of sp³-hybridized carbons (Fsp3) is 0.333. The van der Waals surface area contributed by atoms with Gasteiger partial charge in [0.25, 0.3) is 5.56 Å². The Labute approximate surface area is 158 Å². The van der Waals surface area contributed by atoms with E-state index >= 15 is 0 Å². The zero-order valence-electron chi connectivity index (χ0n) is 14.0. The lowest BCUT2D eigenvalue weighted by Gasteiger charge is -2.30.